The van der Waals surface area contributed by atoms with Crippen molar-refractivity contribution in [3.05, 3.63) is 0 Å². The van der Waals surface area contributed by atoms with Crippen LogP contribution in [0.15, 0.2) is 0 Å². The third-order valence-electron chi connectivity index (χ3n) is 2.76. The third-order valence-corrected chi connectivity index (χ3v) is 5.35. The molecule has 1 heterocycles. The van der Waals surface area contributed by atoms with E-state index in [1.807, 2.05) is 0 Å². The van der Waals surface area contributed by atoms with Crippen molar-refractivity contribution in [3.8, 4) is 0 Å². The summed E-state index contributed by atoms with van der Waals surface area (Å²) in [5, 5.41) is 3.21. The molecule has 1 rings (SSSR count). The standard InChI is InChI=1S/C9H20N2O4S2/c1-16(12,13)6-7-17(14,15)11-5-3-9-2-4-10-8-9/h9-11H,2-8H2,1H3. The molecule has 8 heteroatoms. The van der Waals surface area contributed by atoms with Crippen LogP contribution in [0, 0.1) is 5.92 Å². The Morgan fingerprint density at radius 2 is 1.94 bits per heavy atom. The molecule has 1 aliphatic heterocycles. The van der Waals surface area contributed by atoms with Crippen LogP contribution in [0.25, 0.3) is 0 Å². The molecule has 0 aliphatic carbocycles. The minimum absolute atomic E-state index is 0.326. The third kappa shape index (κ3) is 6.97. The Labute approximate surface area is 103 Å². The van der Waals surface area contributed by atoms with Gasteiger partial charge in [-0.15, -0.1) is 0 Å². The summed E-state index contributed by atoms with van der Waals surface area (Å²) < 4.78 is 47.1. The fourth-order valence-corrected chi connectivity index (χ4v) is 4.37. The SMILES string of the molecule is CS(=O)(=O)CCS(=O)(=O)NCCC1CCNC1. The number of hydrogen-bond donors (Lipinski definition) is 2. The number of rotatable bonds is 7. The molecule has 0 aromatic carbocycles. The minimum atomic E-state index is -3.46. The van der Waals surface area contributed by atoms with Crippen LogP contribution in [0.4, 0.5) is 0 Å². The Morgan fingerprint density at radius 1 is 1.24 bits per heavy atom. The molecular weight excluding hydrogens is 264 g/mol. The molecule has 2 N–H and O–H groups in total. The second-order valence-electron chi connectivity index (χ2n) is 4.49. The van der Waals surface area contributed by atoms with E-state index >= 15 is 0 Å². The molecule has 0 bridgehead atoms. The number of sulfone groups is 1. The van der Waals surface area contributed by atoms with Gasteiger partial charge < -0.3 is 5.32 Å². The molecule has 1 fully saturated rings. The fourth-order valence-electron chi connectivity index (χ4n) is 1.71. The fraction of sp³-hybridized carbons (Fsp3) is 1.00. The van der Waals surface area contributed by atoms with E-state index in [0.29, 0.717) is 12.5 Å². The number of sulfonamides is 1. The molecule has 0 radical (unpaired) electrons. The average Bonchev–Trinajstić information content (AvgIpc) is 2.67. The van der Waals surface area contributed by atoms with E-state index in [0.717, 1.165) is 32.2 Å². The van der Waals surface area contributed by atoms with Crippen molar-refractivity contribution in [1.29, 1.82) is 0 Å². The first-order valence-corrected chi connectivity index (χ1v) is 9.35. The summed E-state index contributed by atoms with van der Waals surface area (Å²) in [5.74, 6) is -0.158. The van der Waals surface area contributed by atoms with Crippen molar-refractivity contribution in [1.82, 2.24) is 10.0 Å². The van der Waals surface area contributed by atoms with Crippen LogP contribution in [0.1, 0.15) is 12.8 Å². The number of nitrogens with one attached hydrogen (secondary N) is 2. The minimum Gasteiger partial charge on any atom is -0.316 e. The lowest BCUT2D eigenvalue weighted by molar-refractivity contribution is 0.519. The Balaban J connectivity index is 2.24. The van der Waals surface area contributed by atoms with Gasteiger partial charge in [-0.05, 0) is 31.8 Å². The van der Waals surface area contributed by atoms with Gasteiger partial charge in [0.1, 0.15) is 9.84 Å². The monoisotopic (exact) mass is 284 g/mol. The molecule has 0 aromatic heterocycles. The van der Waals surface area contributed by atoms with Crippen molar-refractivity contribution >= 4 is 19.9 Å². The Hall–Kier alpha value is -0.180. The molecule has 102 valence electrons. The maximum atomic E-state index is 11.5. The molecular formula is C9H20N2O4S2. The van der Waals surface area contributed by atoms with E-state index in [1.54, 1.807) is 0 Å². The van der Waals surface area contributed by atoms with E-state index in [9.17, 15) is 16.8 Å². The van der Waals surface area contributed by atoms with E-state index in [2.05, 4.69) is 10.0 Å². The summed E-state index contributed by atoms with van der Waals surface area (Å²) in [7, 11) is -6.68. The molecule has 1 saturated heterocycles. The molecule has 1 unspecified atom stereocenters. The highest BCUT2D eigenvalue weighted by Crippen LogP contribution is 2.10. The zero-order chi connectivity index (χ0) is 12.9. The Morgan fingerprint density at radius 3 is 2.47 bits per heavy atom. The molecule has 1 atom stereocenters. The zero-order valence-corrected chi connectivity index (χ0v) is 11.6. The predicted molar refractivity (Wildman–Crippen MR) is 67.1 cm³/mol. The highest BCUT2D eigenvalue weighted by molar-refractivity contribution is 7.93. The van der Waals surface area contributed by atoms with Crippen molar-refractivity contribution in [2.24, 2.45) is 5.92 Å². The van der Waals surface area contributed by atoms with Gasteiger partial charge in [-0.1, -0.05) is 0 Å². The van der Waals surface area contributed by atoms with Crippen LogP contribution >= 0.6 is 0 Å². The van der Waals surface area contributed by atoms with Gasteiger partial charge in [0.05, 0.1) is 11.5 Å². The largest absolute Gasteiger partial charge is 0.316 e. The molecule has 6 nitrogen and oxygen atoms in total. The molecule has 0 saturated carbocycles. The van der Waals surface area contributed by atoms with Gasteiger partial charge in [0, 0.05) is 12.8 Å². The summed E-state index contributed by atoms with van der Waals surface area (Å²) in [6, 6.07) is 0. The molecule has 17 heavy (non-hydrogen) atoms. The Kier molecular flexibility index (Phi) is 5.36. The highest BCUT2D eigenvalue weighted by atomic mass is 32.2. The van der Waals surface area contributed by atoms with Crippen LogP contribution < -0.4 is 10.0 Å². The first-order valence-electron chi connectivity index (χ1n) is 5.64. The smallest absolute Gasteiger partial charge is 0.212 e. The second kappa shape index (κ2) is 6.12. The lowest BCUT2D eigenvalue weighted by Gasteiger charge is -2.09. The van der Waals surface area contributed by atoms with E-state index < -0.39 is 19.9 Å². The average molecular weight is 284 g/mol. The highest BCUT2D eigenvalue weighted by Gasteiger charge is 2.17. The Bertz CT molecular complexity index is 424. The lowest BCUT2D eigenvalue weighted by Crippen LogP contribution is -2.31. The number of hydrogen-bond acceptors (Lipinski definition) is 5. The zero-order valence-electron chi connectivity index (χ0n) is 9.98. The van der Waals surface area contributed by atoms with Gasteiger partial charge in [0.2, 0.25) is 10.0 Å². The van der Waals surface area contributed by atoms with Gasteiger partial charge >= 0.3 is 0 Å². The van der Waals surface area contributed by atoms with Crippen molar-refractivity contribution in [2.75, 3.05) is 37.4 Å². The van der Waals surface area contributed by atoms with Crippen LogP contribution in [0.3, 0.4) is 0 Å². The summed E-state index contributed by atoms with van der Waals surface area (Å²) in [6.07, 6.45) is 2.91. The van der Waals surface area contributed by atoms with Gasteiger partial charge in [-0.3, -0.25) is 0 Å². The lowest BCUT2D eigenvalue weighted by atomic mass is 10.1. The van der Waals surface area contributed by atoms with Crippen molar-refractivity contribution < 1.29 is 16.8 Å². The normalized spacial score (nSPS) is 21.8. The van der Waals surface area contributed by atoms with E-state index in [4.69, 9.17) is 0 Å². The maximum Gasteiger partial charge on any atom is 0.212 e. The van der Waals surface area contributed by atoms with E-state index in [-0.39, 0.29) is 11.5 Å². The summed E-state index contributed by atoms with van der Waals surface area (Å²) in [6.45, 7) is 2.31. The summed E-state index contributed by atoms with van der Waals surface area (Å²) in [4.78, 5) is 0. The van der Waals surface area contributed by atoms with Gasteiger partial charge in [-0.25, -0.2) is 21.6 Å². The van der Waals surface area contributed by atoms with Crippen LogP contribution in [0.5, 0.6) is 0 Å². The second-order valence-corrected chi connectivity index (χ2v) is 8.68. The molecule has 0 spiro atoms. The van der Waals surface area contributed by atoms with E-state index in [1.165, 1.54) is 0 Å². The maximum absolute atomic E-state index is 11.5. The quantitative estimate of drug-likeness (QED) is 0.622. The van der Waals surface area contributed by atoms with Gasteiger partial charge in [0.15, 0.2) is 0 Å². The van der Waals surface area contributed by atoms with Crippen LogP contribution in [-0.4, -0.2) is 54.2 Å². The molecule has 1 aliphatic rings. The molecule has 0 amide bonds. The summed E-state index contributed by atoms with van der Waals surface area (Å²) >= 11 is 0. The van der Waals surface area contributed by atoms with Crippen LogP contribution in [-0.2, 0) is 19.9 Å². The topological polar surface area (TPSA) is 92.3 Å². The molecule has 0 aromatic rings. The van der Waals surface area contributed by atoms with Gasteiger partial charge in [0.25, 0.3) is 0 Å². The van der Waals surface area contributed by atoms with Crippen molar-refractivity contribution in [3.63, 3.8) is 0 Å². The predicted octanol–water partition coefficient (Wildman–Crippen LogP) is -1.05. The first-order chi connectivity index (χ1) is 7.79. The first kappa shape index (κ1) is 14.9. The van der Waals surface area contributed by atoms with Crippen LogP contribution in [0.2, 0.25) is 0 Å². The van der Waals surface area contributed by atoms with Gasteiger partial charge in [-0.2, -0.15) is 0 Å². The summed E-state index contributed by atoms with van der Waals surface area (Å²) in [5.41, 5.74) is 0. The van der Waals surface area contributed by atoms with Crippen molar-refractivity contribution in [2.45, 2.75) is 12.8 Å².